The second-order valence-electron chi connectivity index (χ2n) is 5.19. The maximum Gasteiger partial charge on any atom is 0.401 e. The van der Waals surface area contributed by atoms with Crippen LogP contribution in [0.3, 0.4) is 0 Å². The number of furan rings is 1. The van der Waals surface area contributed by atoms with Gasteiger partial charge in [-0.15, -0.1) is 0 Å². The van der Waals surface area contributed by atoms with E-state index in [2.05, 4.69) is 5.32 Å². The first kappa shape index (κ1) is 17.0. The van der Waals surface area contributed by atoms with E-state index in [0.717, 1.165) is 17.9 Å². The van der Waals surface area contributed by atoms with E-state index >= 15 is 0 Å². The van der Waals surface area contributed by atoms with E-state index in [1.54, 1.807) is 20.8 Å². The maximum absolute atomic E-state index is 12.6. The number of hydrogen-bond donors (Lipinski definition) is 1. The van der Waals surface area contributed by atoms with Gasteiger partial charge in [0.05, 0.1) is 13.1 Å². The maximum atomic E-state index is 12.6. The lowest BCUT2D eigenvalue weighted by Crippen LogP contribution is -2.38. The highest BCUT2D eigenvalue weighted by Gasteiger charge is 2.32. The quantitative estimate of drug-likeness (QED) is 0.834. The number of hydrogen-bond acceptors (Lipinski definition) is 3. The summed E-state index contributed by atoms with van der Waals surface area (Å²) >= 11 is 0. The molecule has 3 nitrogen and oxygen atoms in total. The fourth-order valence-corrected chi connectivity index (χ4v) is 1.95. The predicted octanol–water partition coefficient (Wildman–Crippen LogP) is 3.47. The van der Waals surface area contributed by atoms with Crippen LogP contribution in [-0.4, -0.2) is 30.2 Å². The third-order valence-corrected chi connectivity index (χ3v) is 3.11. The minimum Gasteiger partial charge on any atom is -0.465 e. The second-order valence-corrected chi connectivity index (χ2v) is 5.19. The first-order chi connectivity index (χ1) is 9.23. The SMILES string of the molecule is CCNCc1cc(CN(CC(F)(F)F)C(C)C)c(C)o1. The number of halogens is 3. The molecular formula is C14H23F3N2O. The molecule has 0 unspecified atom stereocenters. The van der Waals surface area contributed by atoms with E-state index in [9.17, 15) is 13.2 Å². The number of aryl methyl sites for hydroxylation is 1. The first-order valence-electron chi connectivity index (χ1n) is 6.82. The Hall–Kier alpha value is -1.01. The van der Waals surface area contributed by atoms with Gasteiger partial charge in [-0.3, -0.25) is 4.90 Å². The summed E-state index contributed by atoms with van der Waals surface area (Å²) in [6.07, 6.45) is -4.19. The van der Waals surface area contributed by atoms with Crippen LogP contribution in [0.25, 0.3) is 0 Å². The number of nitrogens with one attached hydrogen (secondary N) is 1. The molecule has 1 rings (SSSR count). The highest BCUT2D eigenvalue weighted by Crippen LogP contribution is 2.22. The van der Waals surface area contributed by atoms with Crippen LogP contribution < -0.4 is 5.32 Å². The largest absolute Gasteiger partial charge is 0.465 e. The Balaban J connectivity index is 2.75. The van der Waals surface area contributed by atoms with Gasteiger partial charge in [-0.2, -0.15) is 13.2 Å². The molecule has 0 amide bonds. The third kappa shape index (κ3) is 5.54. The monoisotopic (exact) mass is 292 g/mol. The standard InChI is InChI=1S/C14H23F3N2O/c1-5-18-7-13-6-12(11(4)20-13)8-19(10(2)3)9-14(15,16)17/h6,10,18H,5,7-9H2,1-4H3. The van der Waals surface area contributed by atoms with Gasteiger partial charge in [0.2, 0.25) is 0 Å². The van der Waals surface area contributed by atoms with E-state index < -0.39 is 12.7 Å². The Bertz CT molecular complexity index is 413. The lowest BCUT2D eigenvalue weighted by atomic mass is 10.2. The van der Waals surface area contributed by atoms with Crippen LogP contribution in [0.2, 0.25) is 0 Å². The molecular weight excluding hydrogens is 269 g/mol. The Kier molecular flexibility index (Phi) is 6.07. The summed E-state index contributed by atoms with van der Waals surface area (Å²) in [4.78, 5) is 1.40. The Morgan fingerprint density at radius 2 is 2.00 bits per heavy atom. The van der Waals surface area contributed by atoms with Gasteiger partial charge in [0.15, 0.2) is 0 Å². The average Bonchev–Trinajstić information content (AvgIpc) is 2.65. The van der Waals surface area contributed by atoms with Crippen LogP contribution in [0, 0.1) is 6.92 Å². The summed E-state index contributed by atoms with van der Waals surface area (Å²) in [6, 6.07) is 1.66. The summed E-state index contributed by atoms with van der Waals surface area (Å²) in [5.41, 5.74) is 0.816. The van der Waals surface area contributed by atoms with Crippen molar-refractivity contribution in [3.8, 4) is 0 Å². The molecule has 0 aromatic carbocycles. The lowest BCUT2D eigenvalue weighted by molar-refractivity contribution is -0.150. The molecule has 1 aromatic heterocycles. The highest BCUT2D eigenvalue weighted by molar-refractivity contribution is 5.20. The zero-order valence-electron chi connectivity index (χ0n) is 12.5. The number of nitrogens with zero attached hydrogens (tertiary/aromatic N) is 1. The molecule has 0 aliphatic carbocycles. The number of rotatable bonds is 7. The fourth-order valence-electron chi connectivity index (χ4n) is 1.95. The molecule has 0 bridgehead atoms. The zero-order valence-corrected chi connectivity index (χ0v) is 12.5. The molecule has 1 heterocycles. The fraction of sp³-hybridized carbons (Fsp3) is 0.714. The van der Waals surface area contributed by atoms with E-state index in [1.165, 1.54) is 4.90 Å². The number of alkyl halides is 3. The van der Waals surface area contributed by atoms with Gasteiger partial charge >= 0.3 is 6.18 Å². The van der Waals surface area contributed by atoms with Crippen molar-refractivity contribution in [1.29, 1.82) is 0 Å². The van der Waals surface area contributed by atoms with Crippen LogP contribution in [0.1, 0.15) is 37.9 Å². The molecule has 0 saturated heterocycles. The van der Waals surface area contributed by atoms with Crippen LogP contribution in [0.15, 0.2) is 10.5 Å². The minimum absolute atomic E-state index is 0.178. The van der Waals surface area contributed by atoms with E-state index in [-0.39, 0.29) is 12.6 Å². The van der Waals surface area contributed by atoms with E-state index in [4.69, 9.17) is 4.42 Å². The van der Waals surface area contributed by atoms with Crippen LogP contribution >= 0.6 is 0 Å². The summed E-state index contributed by atoms with van der Waals surface area (Å²) < 4.78 is 43.3. The minimum atomic E-state index is -4.19. The van der Waals surface area contributed by atoms with E-state index in [0.29, 0.717) is 12.3 Å². The summed E-state index contributed by atoms with van der Waals surface area (Å²) in [5.74, 6) is 1.45. The molecule has 0 atom stereocenters. The smallest absolute Gasteiger partial charge is 0.401 e. The van der Waals surface area contributed by atoms with Gasteiger partial charge in [-0.1, -0.05) is 6.92 Å². The Morgan fingerprint density at radius 1 is 1.35 bits per heavy atom. The molecule has 0 radical (unpaired) electrons. The average molecular weight is 292 g/mol. The van der Waals surface area contributed by atoms with Crippen molar-refractivity contribution in [2.24, 2.45) is 0 Å². The molecule has 1 aromatic rings. The van der Waals surface area contributed by atoms with Crippen LogP contribution in [-0.2, 0) is 13.1 Å². The topological polar surface area (TPSA) is 28.4 Å². The molecule has 0 spiro atoms. The van der Waals surface area contributed by atoms with Crippen molar-refractivity contribution in [1.82, 2.24) is 10.2 Å². The van der Waals surface area contributed by atoms with Gasteiger partial charge in [0, 0.05) is 18.2 Å². The van der Waals surface area contributed by atoms with Crippen molar-refractivity contribution in [3.05, 3.63) is 23.2 Å². The molecule has 116 valence electrons. The van der Waals surface area contributed by atoms with E-state index in [1.807, 2.05) is 13.0 Å². The third-order valence-electron chi connectivity index (χ3n) is 3.11. The zero-order chi connectivity index (χ0) is 15.3. The summed E-state index contributed by atoms with van der Waals surface area (Å²) in [6.45, 7) is 8.06. The van der Waals surface area contributed by atoms with Crippen molar-refractivity contribution in [2.45, 2.75) is 53.0 Å². The molecule has 0 saturated carbocycles. The lowest BCUT2D eigenvalue weighted by Gasteiger charge is -2.27. The summed E-state index contributed by atoms with van der Waals surface area (Å²) in [7, 11) is 0. The van der Waals surface area contributed by atoms with Gasteiger partial charge in [-0.25, -0.2) is 0 Å². The van der Waals surface area contributed by atoms with Gasteiger partial charge in [0.25, 0.3) is 0 Å². The van der Waals surface area contributed by atoms with Crippen molar-refractivity contribution in [2.75, 3.05) is 13.1 Å². The van der Waals surface area contributed by atoms with Gasteiger partial charge < -0.3 is 9.73 Å². The molecule has 1 N–H and O–H groups in total. The highest BCUT2D eigenvalue weighted by atomic mass is 19.4. The molecule has 20 heavy (non-hydrogen) atoms. The van der Waals surface area contributed by atoms with Crippen LogP contribution in [0.5, 0.6) is 0 Å². The van der Waals surface area contributed by atoms with Crippen LogP contribution in [0.4, 0.5) is 13.2 Å². The Morgan fingerprint density at radius 3 is 2.50 bits per heavy atom. The van der Waals surface area contributed by atoms with Gasteiger partial charge in [-0.05, 0) is 33.4 Å². The predicted molar refractivity (Wildman–Crippen MR) is 72.4 cm³/mol. The molecule has 6 heteroatoms. The first-order valence-corrected chi connectivity index (χ1v) is 6.82. The van der Waals surface area contributed by atoms with Crippen molar-refractivity contribution < 1.29 is 17.6 Å². The molecule has 0 aliphatic rings. The van der Waals surface area contributed by atoms with Crippen molar-refractivity contribution >= 4 is 0 Å². The molecule has 0 aliphatic heterocycles. The van der Waals surface area contributed by atoms with Gasteiger partial charge in [0.1, 0.15) is 11.5 Å². The Labute approximate surface area is 118 Å². The summed E-state index contributed by atoms with van der Waals surface area (Å²) in [5, 5.41) is 3.13. The molecule has 0 fully saturated rings. The van der Waals surface area contributed by atoms with Crippen molar-refractivity contribution in [3.63, 3.8) is 0 Å². The normalized spacial score (nSPS) is 12.7. The second kappa shape index (κ2) is 7.13.